The molecule has 0 bridgehead atoms. The molecular weight excluding hydrogens is 292 g/mol. The van der Waals surface area contributed by atoms with Gasteiger partial charge in [0.05, 0.1) is 30.1 Å². The smallest absolute Gasteiger partial charge is 0.339 e. The Labute approximate surface area is 125 Å². The second-order valence-electron chi connectivity index (χ2n) is 5.12. The third kappa shape index (κ3) is 2.64. The summed E-state index contributed by atoms with van der Waals surface area (Å²) in [7, 11) is 0. The molecule has 1 atom stereocenters. The molecular formula is C14H14N2O6. The number of ether oxygens (including phenoxy) is 2. The summed E-state index contributed by atoms with van der Waals surface area (Å²) >= 11 is 0. The Hall–Kier alpha value is -2.48. The molecule has 1 unspecified atom stereocenters. The van der Waals surface area contributed by atoms with Crippen molar-refractivity contribution in [3.63, 3.8) is 0 Å². The van der Waals surface area contributed by atoms with E-state index in [1.807, 2.05) is 0 Å². The lowest BCUT2D eigenvalue weighted by Gasteiger charge is -2.27. The van der Waals surface area contributed by atoms with Crippen LogP contribution in [0.5, 0.6) is 0 Å². The molecule has 116 valence electrons. The van der Waals surface area contributed by atoms with Crippen LogP contribution in [0.25, 0.3) is 0 Å². The van der Waals surface area contributed by atoms with Crippen LogP contribution >= 0.6 is 0 Å². The van der Waals surface area contributed by atoms with E-state index in [-0.39, 0.29) is 23.6 Å². The van der Waals surface area contributed by atoms with E-state index in [1.165, 1.54) is 18.2 Å². The van der Waals surface area contributed by atoms with Gasteiger partial charge in [-0.1, -0.05) is 0 Å². The molecule has 1 aromatic carbocycles. The van der Waals surface area contributed by atoms with Gasteiger partial charge in [-0.15, -0.1) is 0 Å². The highest BCUT2D eigenvalue weighted by atomic mass is 16.6. The number of hydrogen-bond acceptors (Lipinski definition) is 6. The van der Waals surface area contributed by atoms with E-state index >= 15 is 0 Å². The van der Waals surface area contributed by atoms with Crippen molar-refractivity contribution in [3.05, 3.63) is 39.4 Å². The number of cyclic esters (lactones) is 1. The summed E-state index contributed by atoms with van der Waals surface area (Å²) in [6, 6.07) is 3.99. The Bertz CT molecular complexity index is 638. The quantitative estimate of drug-likeness (QED) is 0.470. The monoisotopic (exact) mass is 306 g/mol. The average Bonchev–Trinajstić information content (AvgIpc) is 2.84. The molecule has 8 heteroatoms. The zero-order valence-corrected chi connectivity index (χ0v) is 11.7. The number of benzene rings is 1. The standard InChI is InChI=1S/C14H14N2O6/c17-13(15-3-5-21-6-4-15)8-12-10-2-1-9(16(19)20)7-11(10)14(18)22-12/h1-2,7,12H,3-6,8H2. The van der Waals surface area contributed by atoms with Crippen LogP contribution < -0.4 is 0 Å². The van der Waals surface area contributed by atoms with Gasteiger partial charge in [-0.3, -0.25) is 14.9 Å². The van der Waals surface area contributed by atoms with Crippen LogP contribution in [0, 0.1) is 10.1 Å². The van der Waals surface area contributed by atoms with Gasteiger partial charge in [0, 0.05) is 30.8 Å². The van der Waals surface area contributed by atoms with Crippen molar-refractivity contribution in [1.82, 2.24) is 4.90 Å². The van der Waals surface area contributed by atoms with Gasteiger partial charge in [0.25, 0.3) is 5.69 Å². The summed E-state index contributed by atoms with van der Waals surface area (Å²) in [6.07, 6.45) is -0.644. The molecule has 1 saturated heterocycles. The van der Waals surface area contributed by atoms with Crippen molar-refractivity contribution in [2.45, 2.75) is 12.5 Å². The Morgan fingerprint density at radius 2 is 2.09 bits per heavy atom. The Kier molecular flexibility index (Phi) is 3.76. The maximum absolute atomic E-state index is 12.2. The topological polar surface area (TPSA) is 99.0 Å². The van der Waals surface area contributed by atoms with E-state index in [9.17, 15) is 19.7 Å². The minimum absolute atomic E-state index is 0.0382. The van der Waals surface area contributed by atoms with E-state index in [0.717, 1.165) is 0 Å². The SMILES string of the molecule is O=C1OC(CC(=O)N2CCOCC2)c2ccc([N+](=O)[O-])cc21. The van der Waals surface area contributed by atoms with Gasteiger partial charge in [0.2, 0.25) is 5.91 Å². The average molecular weight is 306 g/mol. The summed E-state index contributed by atoms with van der Waals surface area (Å²) in [5.74, 6) is -0.745. The zero-order chi connectivity index (χ0) is 15.7. The van der Waals surface area contributed by atoms with Crippen LogP contribution in [-0.2, 0) is 14.3 Å². The van der Waals surface area contributed by atoms with E-state index in [2.05, 4.69) is 0 Å². The first-order valence-electron chi connectivity index (χ1n) is 6.91. The van der Waals surface area contributed by atoms with Crippen molar-refractivity contribution in [2.24, 2.45) is 0 Å². The van der Waals surface area contributed by atoms with E-state index in [0.29, 0.717) is 31.9 Å². The molecule has 1 amide bonds. The molecule has 0 radical (unpaired) electrons. The highest BCUT2D eigenvalue weighted by molar-refractivity contribution is 5.95. The minimum Gasteiger partial charge on any atom is -0.453 e. The number of nitrogens with zero attached hydrogens (tertiary/aromatic N) is 2. The van der Waals surface area contributed by atoms with Crippen LogP contribution in [0.1, 0.15) is 28.4 Å². The lowest BCUT2D eigenvalue weighted by Crippen LogP contribution is -2.41. The largest absolute Gasteiger partial charge is 0.453 e. The second-order valence-corrected chi connectivity index (χ2v) is 5.12. The number of nitro benzene ring substituents is 1. The zero-order valence-electron chi connectivity index (χ0n) is 11.7. The molecule has 0 aromatic heterocycles. The number of nitro groups is 1. The highest BCUT2D eigenvalue weighted by Crippen LogP contribution is 2.35. The van der Waals surface area contributed by atoms with Crippen molar-refractivity contribution < 1.29 is 24.0 Å². The molecule has 2 aliphatic rings. The lowest BCUT2D eigenvalue weighted by molar-refractivity contribution is -0.384. The number of non-ortho nitro benzene ring substituents is 1. The summed E-state index contributed by atoms with van der Waals surface area (Å²) < 4.78 is 10.4. The number of carbonyl (C=O) groups is 2. The molecule has 3 rings (SSSR count). The number of esters is 1. The number of rotatable bonds is 3. The van der Waals surface area contributed by atoms with Gasteiger partial charge in [-0.25, -0.2) is 4.79 Å². The summed E-state index contributed by atoms with van der Waals surface area (Å²) in [4.78, 5) is 35.9. The lowest BCUT2D eigenvalue weighted by atomic mass is 10.0. The number of fused-ring (bicyclic) bond motifs is 1. The van der Waals surface area contributed by atoms with Gasteiger partial charge in [-0.2, -0.15) is 0 Å². The van der Waals surface area contributed by atoms with Crippen molar-refractivity contribution in [2.75, 3.05) is 26.3 Å². The number of hydrogen-bond donors (Lipinski definition) is 0. The molecule has 1 fully saturated rings. The fourth-order valence-corrected chi connectivity index (χ4v) is 2.62. The van der Waals surface area contributed by atoms with Crippen LogP contribution in [0.15, 0.2) is 18.2 Å². The third-order valence-corrected chi connectivity index (χ3v) is 3.79. The number of morpholine rings is 1. The first kappa shape index (κ1) is 14.5. The third-order valence-electron chi connectivity index (χ3n) is 3.79. The molecule has 0 spiro atoms. The Morgan fingerprint density at radius 1 is 1.36 bits per heavy atom. The van der Waals surface area contributed by atoms with E-state index in [1.54, 1.807) is 4.90 Å². The summed E-state index contributed by atoms with van der Waals surface area (Å²) in [6.45, 7) is 2.04. The Balaban J connectivity index is 1.76. The normalized spacial score (nSPS) is 20.5. The fourth-order valence-electron chi connectivity index (χ4n) is 2.62. The predicted octanol–water partition coefficient (Wildman–Crippen LogP) is 1.06. The molecule has 0 saturated carbocycles. The summed E-state index contributed by atoms with van der Waals surface area (Å²) in [5, 5.41) is 10.8. The van der Waals surface area contributed by atoms with Gasteiger partial charge < -0.3 is 14.4 Å². The molecule has 1 aromatic rings. The van der Waals surface area contributed by atoms with Crippen LogP contribution in [0.2, 0.25) is 0 Å². The first-order chi connectivity index (χ1) is 10.6. The van der Waals surface area contributed by atoms with Gasteiger partial charge in [-0.05, 0) is 6.07 Å². The number of amides is 1. The molecule has 0 N–H and O–H groups in total. The first-order valence-corrected chi connectivity index (χ1v) is 6.91. The van der Waals surface area contributed by atoms with Gasteiger partial charge in [0.15, 0.2) is 0 Å². The predicted molar refractivity (Wildman–Crippen MR) is 73.3 cm³/mol. The maximum atomic E-state index is 12.2. The van der Waals surface area contributed by atoms with Crippen LogP contribution in [0.3, 0.4) is 0 Å². The van der Waals surface area contributed by atoms with Crippen molar-refractivity contribution in [3.8, 4) is 0 Å². The van der Waals surface area contributed by atoms with Crippen LogP contribution in [-0.4, -0.2) is 48.0 Å². The Morgan fingerprint density at radius 3 is 2.77 bits per heavy atom. The highest BCUT2D eigenvalue weighted by Gasteiger charge is 2.35. The molecule has 2 aliphatic heterocycles. The van der Waals surface area contributed by atoms with Crippen molar-refractivity contribution in [1.29, 1.82) is 0 Å². The van der Waals surface area contributed by atoms with Gasteiger partial charge in [0.1, 0.15) is 6.10 Å². The number of carbonyl (C=O) groups excluding carboxylic acids is 2. The molecule has 8 nitrogen and oxygen atoms in total. The molecule has 22 heavy (non-hydrogen) atoms. The maximum Gasteiger partial charge on any atom is 0.339 e. The van der Waals surface area contributed by atoms with Crippen LogP contribution in [0.4, 0.5) is 5.69 Å². The molecule has 0 aliphatic carbocycles. The van der Waals surface area contributed by atoms with E-state index < -0.39 is 17.0 Å². The van der Waals surface area contributed by atoms with E-state index in [4.69, 9.17) is 9.47 Å². The van der Waals surface area contributed by atoms with Crippen molar-refractivity contribution >= 4 is 17.6 Å². The van der Waals surface area contributed by atoms with Gasteiger partial charge >= 0.3 is 5.97 Å². The second kappa shape index (κ2) is 5.72. The minimum atomic E-state index is -0.682. The molecule has 2 heterocycles. The fraction of sp³-hybridized carbons (Fsp3) is 0.429. The summed E-state index contributed by atoms with van der Waals surface area (Å²) in [5.41, 5.74) is 0.516.